The Morgan fingerprint density at radius 1 is 1.28 bits per heavy atom. The van der Waals surface area contributed by atoms with Gasteiger partial charge in [0.15, 0.2) is 5.78 Å². The minimum absolute atomic E-state index is 0.0512. The van der Waals surface area contributed by atoms with E-state index < -0.39 is 12.0 Å². The van der Waals surface area contributed by atoms with E-state index in [-0.39, 0.29) is 11.7 Å². The number of nitrogens with one attached hydrogen (secondary N) is 1. The van der Waals surface area contributed by atoms with Gasteiger partial charge in [0.05, 0.1) is 0 Å². The van der Waals surface area contributed by atoms with Crippen LogP contribution in [0.15, 0.2) is 24.3 Å². The molecule has 0 amide bonds. The van der Waals surface area contributed by atoms with Crippen LogP contribution < -0.4 is 5.32 Å². The molecule has 96 valence electrons. The molecule has 1 aliphatic heterocycles. The first-order valence-corrected chi connectivity index (χ1v) is 6.15. The molecule has 4 nitrogen and oxygen atoms in total. The molecule has 18 heavy (non-hydrogen) atoms. The summed E-state index contributed by atoms with van der Waals surface area (Å²) < 4.78 is 0. The van der Waals surface area contributed by atoms with Gasteiger partial charge >= 0.3 is 5.97 Å². The van der Waals surface area contributed by atoms with Crippen molar-refractivity contribution >= 4 is 11.8 Å². The Labute approximate surface area is 106 Å². The molecule has 0 saturated carbocycles. The van der Waals surface area contributed by atoms with Crippen LogP contribution in [-0.4, -0.2) is 29.4 Å². The molecule has 1 aromatic carbocycles. The summed E-state index contributed by atoms with van der Waals surface area (Å²) in [5.41, 5.74) is 1.82. The highest BCUT2D eigenvalue weighted by Gasteiger charge is 2.27. The van der Waals surface area contributed by atoms with Crippen molar-refractivity contribution in [1.29, 1.82) is 0 Å². The number of carbonyl (C=O) groups is 2. The number of Topliss-reactive ketones (excluding diaryl/α,β-unsaturated/α-hetero) is 1. The van der Waals surface area contributed by atoms with Crippen LogP contribution in [0.5, 0.6) is 0 Å². The van der Waals surface area contributed by atoms with Gasteiger partial charge in [0.2, 0.25) is 0 Å². The standard InChI is InChI=1S/C14H17NO3/c1-9(16)10-2-4-11(5-3-10)12-6-7-15-13(8-12)14(17)18/h2-5,12-13,15H,6-8H2,1H3,(H,17,18). The summed E-state index contributed by atoms with van der Waals surface area (Å²) in [4.78, 5) is 22.2. The Morgan fingerprint density at radius 3 is 2.50 bits per heavy atom. The van der Waals surface area contributed by atoms with Crippen molar-refractivity contribution in [2.75, 3.05) is 6.54 Å². The van der Waals surface area contributed by atoms with Crippen LogP contribution in [0.3, 0.4) is 0 Å². The summed E-state index contributed by atoms with van der Waals surface area (Å²) in [6.07, 6.45) is 1.54. The number of carboxylic acid groups (broad SMARTS) is 1. The van der Waals surface area contributed by atoms with E-state index in [1.165, 1.54) is 0 Å². The largest absolute Gasteiger partial charge is 0.480 e. The second-order valence-electron chi connectivity index (χ2n) is 4.74. The fourth-order valence-electron chi connectivity index (χ4n) is 2.40. The van der Waals surface area contributed by atoms with Gasteiger partial charge in [0.25, 0.3) is 0 Å². The molecule has 0 aliphatic carbocycles. The molecule has 4 heteroatoms. The maximum Gasteiger partial charge on any atom is 0.320 e. The average Bonchev–Trinajstić information content (AvgIpc) is 2.39. The Bertz CT molecular complexity index is 453. The van der Waals surface area contributed by atoms with Crippen LogP contribution in [0.1, 0.15) is 41.6 Å². The maximum atomic E-state index is 11.2. The van der Waals surface area contributed by atoms with E-state index in [1.807, 2.05) is 24.3 Å². The summed E-state index contributed by atoms with van der Waals surface area (Å²) in [5.74, 6) is -0.483. The number of ketones is 1. The lowest BCUT2D eigenvalue weighted by Gasteiger charge is -2.28. The molecule has 1 heterocycles. The van der Waals surface area contributed by atoms with E-state index in [4.69, 9.17) is 5.11 Å². The van der Waals surface area contributed by atoms with Crippen LogP contribution in [-0.2, 0) is 4.79 Å². The number of aliphatic carboxylic acids is 1. The Morgan fingerprint density at radius 2 is 1.94 bits per heavy atom. The zero-order valence-electron chi connectivity index (χ0n) is 10.3. The molecular weight excluding hydrogens is 230 g/mol. The molecule has 2 rings (SSSR count). The smallest absolute Gasteiger partial charge is 0.320 e. The van der Waals surface area contributed by atoms with Crippen LogP contribution in [0, 0.1) is 0 Å². The fraction of sp³-hybridized carbons (Fsp3) is 0.429. The van der Waals surface area contributed by atoms with Crippen molar-refractivity contribution in [3.63, 3.8) is 0 Å². The highest BCUT2D eigenvalue weighted by molar-refractivity contribution is 5.94. The van der Waals surface area contributed by atoms with E-state index in [0.29, 0.717) is 12.0 Å². The first-order valence-electron chi connectivity index (χ1n) is 6.15. The second-order valence-corrected chi connectivity index (χ2v) is 4.74. The molecule has 2 unspecified atom stereocenters. The van der Waals surface area contributed by atoms with Crippen molar-refractivity contribution in [2.24, 2.45) is 0 Å². The number of rotatable bonds is 3. The SMILES string of the molecule is CC(=O)c1ccc(C2CCNC(C(=O)O)C2)cc1. The topological polar surface area (TPSA) is 66.4 Å². The van der Waals surface area contributed by atoms with Crippen molar-refractivity contribution in [1.82, 2.24) is 5.32 Å². The van der Waals surface area contributed by atoms with Gasteiger partial charge in [-0.3, -0.25) is 9.59 Å². The Kier molecular flexibility index (Phi) is 3.77. The predicted octanol–water partition coefficient (Wildman–Crippen LogP) is 1.81. The number of hydrogen-bond donors (Lipinski definition) is 2. The molecule has 1 fully saturated rings. The third kappa shape index (κ3) is 2.76. The minimum atomic E-state index is -0.792. The highest BCUT2D eigenvalue weighted by Crippen LogP contribution is 2.28. The third-order valence-electron chi connectivity index (χ3n) is 3.49. The van der Waals surface area contributed by atoms with Crippen LogP contribution in [0.4, 0.5) is 0 Å². The lowest BCUT2D eigenvalue weighted by Crippen LogP contribution is -2.42. The molecule has 0 bridgehead atoms. The van der Waals surface area contributed by atoms with Gasteiger partial charge in [0.1, 0.15) is 6.04 Å². The van der Waals surface area contributed by atoms with Crippen LogP contribution in [0.2, 0.25) is 0 Å². The molecule has 1 aromatic rings. The maximum absolute atomic E-state index is 11.2. The number of carboxylic acids is 1. The molecule has 1 aliphatic rings. The zero-order valence-corrected chi connectivity index (χ0v) is 10.3. The summed E-state index contributed by atoms with van der Waals surface area (Å²) in [6, 6.07) is 7.04. The third-order valence-corrected chi connectivity index (χ3v) is 3.49. The first kappa shape index (κ1) is 12.8. The lowest BCUT2D eigenvalue weighted by atomic mass is 9.86. The Hall–Kier alpha value is -1.68. The predicted molar refractivity (Wildman–Crippen MR) is 67.8 cm³/mol. The fourth-order valence-corrected chi connectivity index (χ4v) is 2.40. The summed E-state index contributed by atoms with van der Waals surface area (Å²) in [6.45, 7) is 2.26. The van der Waals surface area contributed by atoms with E-state index in [0.717, 1.165) is 18.5 Å². The first-order chi connectivity index (χ1) is 8.58. The lowest BCUT2D eigenvalue weighted by molar-refractivity contribution is -0.140. The van der Waals surface area contributed by atoms with Gasteiger partial charge in [-0.05, 0) is 37.8 Å². The van der Waals surface area contributed by atoms with Crippen molar-refractivity contribution in [3.05, 3.63) is 35.4 Å². The second kappa shape index (κ2) is 5.31. The zero-order chi connectivity index (χ0) is 13.1. The normalized spacial score (nSPS) is 23.6. The van der Waals surface area contributed by atoms with Gasteiger partial charge in [0, 0.05) is 5.56 Å². The average molecular weight is 247 g/mol. The van der Waals surface area contributed by atoms with Gasteiger partial charge in [-0.25, -0.2) is 0 Å². The summed E-state index contributed by atoms with van der Waals surface area (Å²) >= 11 is 0. The number of carbonyl (C=O) groups excluding carboxylic acids is 1. The highest BCUT2D eigenvalue weighted by atomic mass is 16.4. The van der Waals surface area contributed by atoms with Gasteiger partial charge < -0.3 is 10.4 Å². The van der Waals surface area contributed by atoms with E-state index in [2.05, 4.69) is 5.32 Å². The molecule has 1 saturated heterocycles. The summed E-state index contributed by atoms with van der Waals surface area (Å²) in [7, 11) is 0. The van der Waals surface area contributed by atoms with Crippen molar-refractivity contribution in [3.8, 4) is 0 Å². The molecule has 0 radical (unpaired) electrons. The van der Waals surface area contributed by atoms with Gasteiger partial charge in [-0.15, -0.1) is 0 Å². The molecule has 0 spiro atoms. The van der Waals surface area contributed by atoms with Crippen molar-refractivity contribution < 1.29 is 14.7 Å². The molecule has 2 N–H and O–H groups in total. The van der Waals surface area contributed by atoms with E-state index in [1.54, 1.807) is 6.92 Å². The minimum Gasteiger partial charge on any atom is -0.480 e. The number of piperidine rings is 1. The number of benzene rings is 1. The quantitative estimate of drug-likeness (QED) is 0.799. The Balaban J connectivity index is 2.11. The molecule has 2 atom stereocenters. The van der Waals surface area contributed by atoms with Crippen LogP contribution >= 0.6 is 0 Å². The van der Waals surface area contributed by atoms with Gasteiger partial charge in [-0.2, -0.15) is 0 Å². The van der Waals surface area contributed by atoms with E-state index >= 15 is 0 Å². The summed E-state index contributed by atoms with van der Waals surface area (Å²) in [5, 5.41) is 12.0. The van der Waals surface area contributed by atoms with Crippen molar-refractivity contribution in [2.45, 2.75) is 31.7 Å². The van der Waals surface area contributed by atoms with Gasteiger partial charge in [-0.1, -0.05) is 24.3 Å². The number of hydrogen-bond acceptors (Lipinski definition) is 3. The monoisotopic (exact) mass is 247 g/mol. The van der Waals surface area contributed by atoms with Crippen LogP contribution in [0.25, 0.3) is 0 Å². The molecule has 0 aromatic heterocycles. The molecular formula is C14H17NO3. The van der Waals surface area contributed by atoms with E-state index in [9.17, 15) is 9.59 Å².